The lowest BCUT2D eigenvalue weighted by Crippen LogP contribution is -2.40. The van der Waals surface area contributed by atoms with Gasteiger partial charge in [0.05, 0.1) is 24.9 Å². The third kappa shape index (κ3) is 5.22. The maximum Gasteiger partial charge on any atom is 0.260 e. The van der Waals surface area contributed by atoms with E-state index in [9.17, 15) is 9.59 Å². The van der Waals surface area contributed by atoms with Gasteiger partial charge in [-0.2, -0.15) is 4.98 Å². The van der Waals surface area contributed by atoms with Gasteiger partial charge >= 0.3 is 0 Å². The Balaban J connectivity index is 1.56. The first-order chi connectivity index (χ1) is 17.9. The topological polar surface area (TPSA) is 111 Å². The number of nitrogens with zero attached hydrogens (tertiary/aromatic N) is 4. The molecule has 190 valence electrons. The van der Waals surface area contributed by atoms with Crippen molar-refractivity contribution in [2.75, 3.05) is 25.6 Å². The van der Waals surface area contributed by atoms with Crippen molar-refractivity contribution in [2.24, 2.45) is 0 Å². The van der Waals surface area contributed by atoms with Crippen LogP contribution in [0.25, 0.3) is 33.4 Å². The summed E-state index contributed by atoms with van der Waals surface area (Å²) < 4.78 is 6.89. The maximum atomic E-state index is 13.8. The Labute approximate surface area is 214 Å². The molecular formula is C28H30N6O3. The van der Waals surface area contributed by atoms with E-state index in [0.29, 0.717) is 49.8 Å². The summed E-state index contributed by atoms with van der Waals surface area (Å²) in [7, 11) is 1.61. The molecule has 4 aromatic rings. The average molecular weight is 499 g/mol. The Kier molecular flexibility index (Phi) is 6.96. The molecule has 1 aliphatic rings. The fraction of sp³-hybridized carbons (Fsp3) is 0.321. The first kappa shape index (κ1) is 24.6. The number of hydrogen-bond donors (Lipinski definition) is 2. The summed E-state index contributed by atoms with van der Waals surface area (Å²) >= 11 is 0. The third-order valence-electron chi connectivity index (χ3n) is 6.56. The highest BCUT2D eigenvalue weighted by Gasteiger charge is 2.20. The van der Waals surface area contributed by atoms with Gasteiger partial charge in [0, 0.05) is 48.4 Å². The monoisotopic (exact) mass is 498 g/mol. The zero-order valence-corrected chi connectivity index (χ0v) is 21.2. The lowest BCUT2D eigenvalue weighted by molar-refractivity contribution is -0.120. The van der Waals surface area contributed by atoms with Crippen LogP contribution in [0.5, 0.6) is 0 Å². The van der Waals surface area contributed by atoms with Crippen LogP contribution in [0.4, 0.5) is 5.95 Å². The number of carbonyl (C=O) groups is 1. The van der Waals surface area contributed by atoms with Gasteiger partial charge in [-0.25, -0.2) is 4.98 Å². The van der Waals surface area contributed by atoms with E-state index in [0.717, 1.165) is 33.5 Å². The molecule has 2 N–H and O–H groups in total. The molecule has 1 amide bonds. The first-order valence-electron chi connectivity index (χ1n) is 12.4. The smallest absolute Gasteiger partial charge is 0.260 e. The fourth-order valence-electron chi connectivity index (χ4n) is 4.48. The summed E-state index contributed by atoms with van der Waals surface area (Å²) in [6.07, 6.45) is 2.57. The van der Waals surface area contributed by atoms with Gasteiger partial charge < -0.3 is 15.4 Å². The van der Waals surface area contributed by atoms with Crippen LogP contribution >= 0.6 is 0 Å². The molecule has 0 saturated carbocycles. The Bertz CT molecular complexity index is 1530. The molecule has 0 radical (unpaired) electrons. The van der Waals surface area contributed by atoms with Gasteiger partial charge in [-0.3, -0.25) is 19.1 Å². The molecule has 1 fully saturated rings. The van der Waals surface area contributed by atoms with E-state index in [1.54, 1.807) is 17.8 Å². The Hall–Kier alpha value is -4.11. The number of hydrogen-bond acceptors (Lipinski definition) is 7. The second-order valence-corrected chi connectivity index (χ2v) is 9.34. The van der Waals surface area contributed by atoms with Crippen molar-refractivity contribution in [3.63, 3.8) is 0 Å². The molecule has 5 rings (SSSR count). The van der Waals surface area contributed by atoms with E-state index < -0.39 is 0 Å². The summed E-state index contributed by atoms with van der Waals surface area (Å²) in [6.45, 7) is 5.54. The largest absolute Gasteiger partial charge is 0.377 e. The summed E-state index contributed by atoms with van der Waals surface area (Å²) in [5, 5.41) is 6.64. The van der Waals surface area contributed by atoms with Crippen molar-refractivity contribution in [1.82, 2.24) is 24.8 Å². The molecule has 0 aliphatic carbocycles. The van der Waals surface area contributed by atoms with Crippen LogP contribution in [-0.4, -0.2) is 51.7 Å². The summed E-state index contributed by atoms with van der Waals surface area (Å²) in [5.74, 6) is 0.394. The molecule has 9 heteroatoms. The number of benzene rings is 1. The molecule has 9 nitrogen and oxygen atoms in total. The second-order valence-electron chi connectivity index (χ2n) is 9.34. The normalized spacial score (nSPS) is 13.4. The molecule has 0 spiro atoms. The molecule has 0 atom stereocenters. The minimum Gasteiger partial charge on any atom is -0.377 e. The number of amides is 1. The Morgan fingerprint density at radius 1 is 1.11 bits per heavy atom. The van der Waals surface area contributed by atoms with E-state index in [2.05, 4.69) is 31.7 Å². The van der Waals surface area contributed by atoms with Crippen LogP contribution in [0, 0.1) is 13.8 Å². The molecule has 0 bridgehead atoms. The molecule has 1 aliphatic heterocycles. The number of carbonyl (C=O) groups excluding carboxylic acids is 1. The zero-order chi connectivity index (χ0) is 25.9. The van der Waals surface area contributed by atoms with Crippen molar-refractivity contribution < 1.29 is 9.53 Å². The van der Waals surface area contributed by atoms with Crippen LogP contribution in [0.1, 0.15) is 24.1 Å². The summed E-state index contributed by atoms with van der Waals surface area (Å²) in [5.41, 5.74) is 5.63. The average Bonchev–Trinajstić information content (AvgIpc) is 2.87. The minimum absolute atomic E-state index is 0.0633. The van der Waals surface area contributed by atoms with Gasteiger partial charge in [0.15, 0.2) is 0 Å². The summed E-state index contributed by atoms with van der Waals surface area (Å²) in [4.78, 5) is 39.4. The van der Waals surface area contributed by atoms with Crippen molar-refractivity contribution >= 4 is 22.9 Å². The second kappa shape index (κ2) is 10.5. The molecule has 37 heavy (non-hydrogen) atoms. The van der Waals surface area contributed by atoms with Gasteiger partial charge in [-0.1, -0.05) is 18.2 Å². The molecule has 4 heterocycles. The number of ether oxygens (including phenoxy) is 1. The number of pyridine rings is 2. The lowest BCUT2D eigenvalue weighted by atomic mass is 9.97. The van der Waals surface area contributed by atoms with Crippen LogP contribution in [0.2, 0.25) is 0 Å². The van der Waals surface area contributed by atoms with Crippen LogP contribution < -0.4 is 16.2 Å². The van der Waals surface area contributed by atoms with Crippen LogP contribution in [-0.2, 0) is 16.1 Å². The highest BCUT2D eigenvalue weighted by atomic mass is 16.5. The highest BCUT2D eigenvalue weighted by molar-refractivity contribution is 5.83. The lowest BCUT2D eigenvalue weighted by Gasteiger charge is -2.26. The summed E-state index contributed by atoms with van der Waals surface area (Å²) in [6, 6.07) is 14.0. The Morgan fingerprint density at radius 3 is 2.65 bits per heavy atom. The molecule has 3 aromatic heterocycles. The van der Waals surface area contributed by atoms with Gasteiger partial charge in [0.25, 0.3) is 5.56 Å². The van der Waals surface area contributed by atoms with Crippen molar-refractivity contribution in [2.45, 2.75) is 39.3 Å². The predicted octanol–water partition coefficient (Wildman–Crippen LogP) is 3.47. The SMILES string of the molecule is CNC(=O)CCCn1c(=O)c(-c2ccc(-c3cccc(C)n3)cc2C)cc2cnc(NC3COC3)nc21. The quantitative estimate of drug-likeness (QED) is 0.383. The van der Waals surface area contributed by atoms with Gasteiger partial charge in [0.1, 0.15) is 5.65 Å². The van der Waals surface area contributed by atoms with Gasteiger partial charge in [-0.15, -0.1) is 0 Å². The molecular weight excluding hydrogens is 468 g/mol. The maximum absolute atomic E-state index is 13.8. The van der Waals surface area contributed by atoms with E-state index >= 15 is 0 Å². The number of aromatic nitrogens is 4. The molecule has 1 aromatic carbocycles. The zero-order valence-electron chi connectivity index (χ0n) is 21.2. The van der Waals surface area contributed by atoms with Crippen LogP contribution in [0.3, 0.4) is 0 Å². The molecule has 1 saturated heterocycles. The fourth-order valence-corrected chi connectivity index (χ4v) is 4.48. The Morgan fingerprint density at radius 2 is 1.95 bits per heavy atom. The first-order valence-corrected chi connectivity index (χ1v) is 12.4. The number of fused-ring (bicyclic) bond motifs is 1. The van der Waals surface area contributed by atoms with Gasteiger partial charge in [-0.05, 0) is 55.7 Å². The minimum atomic E-state index is -0.148. The van der Waals surface area contributed by atoms with E-state index in [1.807, 2.05) is 50.2 Å². The number of aryl methyl sites for hydroxylation is 3. The standard InChI is InChI=1S/C28H30N6O3/c1-17-12-19(24-7-4-6-18(2)31-24)9-10-22(17)23-13-20-14-30-28(32-21-15-37-16-21)33-26(20)34(27(23)36)11-5-8-25(35)29-3/h4,6-7,9-10,12-14,21H,5,8,11,15-16H2,1-3H3,(H,29,35)(H,30,32,33). The predicted molar refractivity (Wildman–Crippen MR) is 143 cm³/mol. The number of nitrogens with one attached hydrogen (secondary N) is 2. The number of anilines is 1. The van der Waals surface area contributed by atoms with Crippen LogP contribution in [0.15, 0.2) is 53.5 Å². The van der Waals surface area contributed by atoms with Crippen molar-refractivity contribution in [3.8, 4) is 22.4 Å². The van der Waals surface area contributed by atoms with E-state index in [4.69, 9.17) is 4.74 Å². The van der Waals surface area contributed by atoms with Crippen molar-refractivity contribution in [1.29, 1.82) is 0 Å². The van der Waals surface area contributed by atoms with E-state index in [1.165, 1.54) is 0 Å². The van der Waals surface area contributed by atoms with Gasteiger partial charge in [0.2, 0.25) is 11.9 Å². The van der Waals surface area contributed by atoms with E-state index in [-0.39, 0.29) is 17.5 Å². The number of rotatable bonds is 8. The third-order valence-corrected chi connectivity index (χ3v) is 6.56. The molecule has 0 unspecified atom stereocenters. The highest BCUT2D eigenvalue weighted by Crippen LogP contribution is 2.28. The van der Waals surface area contributed by atoms with Crippen molar-refractivity contribution in [3.05, 3.63) is 70.3 Å².